The molecular weight excluding hydrogens is 272 g/mol. The molecule has 1 heterocycles. The molecule has 0 unspecified atom stereocenters. The molecule has 0 aliphatic carbocycles. The molecule has 0 bridgehead atoms. The lowest BCUT2D eigenvalue weighted by Crippen LogP contribution is -2.28. The van der Waals surface area contributed by atoms with E-state index in [0.717, 1.165) is 26.2 Å². The Bertz CT molecular complexity index is 484. The van der Waals surface area contributed by atoms with Gasteiger partial charge in [-0.3, -0.25) is 9.58 Å². The molecule has 0 amide bonds. The molecule has 2 N–H and O–H groups in total. The summed E-state index contributed by atoms with van der Waals surface area (Å²) in [5.41, 5.74) is 8.27. The molecule has 0 spiro atoms. The molecule has 1 aromatic carbocycles. The van der Waals surface area contributed by atoms with Crippen LogP contribution in [-0.2, 0) is 19.6 Å². The Balaban J connectivity index is 0.00000200. The Labute approximate surface area is 127 Å². The summed E-state index contributed by atoms with van der Waals surface area (Å²) in [7, 11) is 0. The van der Waals surface area contributed by atoms with Crippen molar-refractivity contribution in [3.05, 3.63) is 53.9 Å². The van der Waals surface area contributed by atoms with E-state index in [1.54, 1.807) is 0 Å². The van der Waals surface area contributed by atoms with Crippen molar-refractivity contribution in [2.24, 2.45) is 5.73 Å². The number of aromatic nitrogens is 2. The Morgan fingerprint density at radius 2 is 1.85 bits per heavy atom. The van der Waals surface area contributed by atoms with Crippen LogP contribution in [0.5, 0.6) is 0 Å². The van der Waals surface area contributed by atoms with Gasteiger partial charge < -0.3 is 5.73 Å². The first kappa shape index (κ1) is 16.7. The predicted octanol–water partition coefficient (Wildman–Crippen LogP) is 2.29. The lowest BCUT2D eigenvalue weighted by Gasteiger charge is -2.20. The van der Waals surface area contributed by atoms with Gasteiger partial charge in [-0.1, -0.05) is 30.3 Å². The summed E-state index contributed by atoms with van der Waals surface area (Å²) >= 11 is 0. The number of aryl methyl sites for hydroxylation is 1. The van der Waals surface area contributed by atoms with Crippen LogP contribution in [0.4, 0.5) is 0 Å². The number of rotatable bonds is 7. The van der Waals surface area contributed by atoms with E-state index < -0.39 is 0 Å². The number of hydrogen-bond donors (Lipinski definition) is 1. The molecule has 0 fully saturated rings. The summed E-state index contributed by atoms with van der Waals surface area (Å²) < 4.78 is 1.96. The quantitative estimate of drug-likeness (QED) is 0.852. The highest BCUT2D eigenvalue weighted by Gasteiger charge is 2.07. The molecule has 0 atom stereocenters. The summed E-state index contributed by atoms with van der Waals surface area (Å²) in [6, 6.07) is 10.5. The van der Waals surface area contributed by atoms with E-state index in [9.17, 15) is 0 Å². The fraction of sp³-hybridized carbons (Fsp3) is 0.400. The zero-order chi connectivity index (χ0) is 13.5. The third-order valence-electron chi connectivity index (χ3n) is 3.11. The van der Waals surface area contributed by atoms with Crippen LogP contribution in [0.3, 0.4) is 0 Å². The van der Waals surface area contributed by atoms with Crippen LogP contribution in [-0.4, -0.2) is 27.8 Å². The van der Waals surface area contributed by atoms with Crippen LogP contribution < -0.4 is 5.73 Å². The Kier molecular flexibility index (Phi) is 7.30. The molecule has 20 heavy (non-hydrogen) atoms. The normalized spacial score (nSPS) is 10.6. The summed E-state index contributed by atoms with van der Waals surface area (Å²) in [5, 5.41) is 4.31. The largest absolute Gasteiger partial charge is 0.329 e. The maximum absolute atomic E-state index is 5.71. The van der Waals surface area contributed by atoms with Crippen LogP contribution in [0, 0.1) is 0 Å². The monoisotopic (exact) mass is 294 g/mol. The molecule has 0 saturated heterocycles. The van der Waals surface area contributed by atoms with E-state index in [1.165, 1.54) is 11.1 Å². The van der Waals surface area contributed by atoms with Gasteiger partial charge in [0.2, 0.25) is 0 Å². The minimum Gasteiger partial charge on any atom is -0.329 e. The molecule has 4 nitrogen and oxygen atoms in total. The van der Waals surface area contributed by atoms with Crippen LogP contribution in [0.25, 0.3) is 0 Å². The summed E-state index contributed by atoms with van der Waals surface area (Å²) in [5.74, 6) is 0. The molecule has 0 saturated carbocycles. The van der Waals surface area contributed by atoms with Gasteiger partial charge in [-0.25, -0.2) is 0 Å². The highest BCUT2D eigenvalue weighted by molar-refractivity contribution is 5.85. The lowest BCUT2D eigenvalue weighted by molar-refractivity contribution is 0.264. The highest BCUT2D eigenvalue weighted by Crippen LogP contribution is 2.09. The second-order valence-corrected chi connectivity index (χ2v) is 4.69. The highest BCUT2D eigenvalue weighted by atomic mass is 35.5. The second-order valence-electron chi connectivity index (χ2n) is 4.69. The van der Waals surface area contributed by atoms with Gasteiger partial charge in [-0.15, -0.1) is 12.4 Å². The lowest BCUT2D eigenvalue weighted by atomic mass is 10.2. The van der Waals surface area contributed by atoms with Gasteiger partial charge in [-0.05, 0) is 12.5 Å². The average molecular weight is 295 g/mol. The predicted molar refractivity (Wildman–Crippen MR) is 84.8 cm³/mol. The molecule has 1 aromatic heterocycles. The van der Waals surface area contributed by atoms with E-state index in [0.29, 0.717) is 6.54 Å². The summed E-state index contributed by atoms with van der Waals surface area (Å²) in [4.78, 5) is 2.35. The number of hydrogen-bond acceptors (Lipinski definition) is 3. The van der Waals surface area contributed by atoms with Crippen LogP contribution >= 0.6 is 12.4 Å². The number of nitrogens with zero attached hydrogens (tertiary/aromatic N) is 3. The molecule has 0 radical (unpaired) electrons. The first-order valence-electron chi connectivity index (χ1n) is 6.79. The van der Waals surface area contributed by atoms with Gasteiger partial charge in [0, 0.05) is 44.5 Å². The van der Waals surface area contributed by atoms with Gasteiger partial charge >= 0.3 is 0 Å². The van der Waals surface area contributed by atoms with Gasteiger partial charge in [0.25, 0.3) is 0 Å². The minimum absolute atomic E-state index is 0. The van der Waals surface area contributed by atoms with E-state index in [4.69, 9.17) is 5.73 Å². The standard InChI is InChI=1S/C15H22N4.ClH/c1-2-19-13-15(10-17-19)12-18(9-8-16)11-14-6-4-3-5-7-14;/h3-7,10,13H,2,8-9,11-12,16H2,1H3;1H. The van der Waals surface area contributed by atoms with Crippen molar-refractivity contribution in [1.29, 1.82) is 0 Å². The Morgan fingerprint density at radius 3 is 2.45 bits per heavy atom. The molecular formula is C15H23ClN4. The Hall–Kier alpha value is -1.36. The third kappa shape index (κ3) is 4.96. The minimum atomic E-state index is 0. The summed E-state index contributed by atoms with van der Waals surface area (Å²) in [6.07, 6.45) is 4.05. The van der Waals surface area contributed by atoms with Gasteiger partial charge in [0.1, 0.15) is 0 Å². The van der Waals surface area contributed by atoms with Crippen molar-refractivity contribution in [3.63, 3.8) is 0 Å². The van der Waals surface area contributed by atoms with Gasteiger partial charge in [0.15, 0.2) is 0 Å². The van der Waals surface area contributed by atoms with Gasteiger partial charge in [-0.2, -0.15) is 5.10 Å². The van der Waals surface area contributed by atoms with Crippen LogP contribution in [0.2, 0.25) is 0 Å². The van der Waals surface area contributed by atoms with Crippen molar-refractivity contribution in [2.45, 2.75) is 26.6 Å². The average Bonchev–Trinajstić information content (AvgIpc) is 2.88. The van der Waals surface area contributed by atoms with Crippen molar-refractivity contribution in [1.82, 2.24) is 14.7 Å². The van der Waals surface area contributed by atoms with Crippen molar-refractivity contribution in [3.8, 4) is 0 Å². The van der Waals surface area contributed by atoms with Gasteiger partial charge in [0.05, 0.1) is 6.20 Å². The Morgan fingerprint density at radius 1 is 1.15 bits per heavy atom. The van der Waals surface area contributed by atoms with E-state index in [-0.39, 0.29) is 12.4 Å². The van der Waals surface area contributed by atoms with Crippen LogP contribution in [0.15, 0.2) is 42.7 Å². The second kappa shape index (κ2) is 8.74. The SMILES string of the molecule is CCn1cc(CN(CCN)Cc2ccccc2)cn1.Cl. The fourth-order valence-corrected chi connectivity index (χ4v) is 2.16. The number of nitrogens with two attached hydrogens (primary N) is 1. The summed E-state index contributed by atoms with van der Waals surface area (Å²) in [6.45, 7) is 6.40. The maximum atomic E-state index is 5.71. The smallest absolute Gasteiger partial charge is 0.0534 e. The topological polar surface area (TPSA) is 47.1 Å². The third-order valence-corrected chi connectivity index (χ3v) is 3.11. The van der Waals surface area contributed by atoms with Crippen molar-refractivity contribution >= 4 is 12.4 Å². The molecule has 2 aromatic rings. The molecule has 0 aliphatic rings. The van der Waals surface area contributed by atoms with E-state index in [1.807, 2.05) is 16.9 Å². The van der Waals surface area contributed by atoms with E-state index in [2.05, 4.69) is 47.4 Å². The number of benzene rings is 1. The van der Waals surface area contributed by atoms with Crippen molar-refractivity contribution < 1.29 is 0 Å². The number of halogens is 1. The van der Waals surface area contributed by atoms with Crippen LogP contribution in [0.1, 0.15) is 18.1 Å². The molecule has 0 aliphatic heterocycles. The molecule has 2 rings (SSSR count). The molecule has 110 valence electrons. The first-order chi connectivity index (χ1) is 9.31. The first-order valence-corrected chi connectivity index (χ1v) is 6.79. The molecule has 5 heteroatoms. The zero-order valence-corrected chi connectivity index (χ0v) is 12.7. The van der Waals surface area contributed by atoms with E-state index >= 15 is 0 Å². The zero-order valence-electron chi connectivity index (χ0n) is 11.9. The van der Waals surface area contributed by atoms with Crippen molar-refractivity contribution in [2.75, 3.05) is 13.1 Å². The fourth-order valence-electron chi connectivity index (χ4n) is 2.16. The maximum Gasteiger partial charge on any atom is 0.0534 e.